The van der Waals surface area contributed by atoms with E-state index in [0.29, 0.717) is 17.1 Å². The number of carbonyl (C=O) groups is 1. The zero-order chi connectivity index (χ0) is 21.1. The van der Waals surface area contributed by atoms with E-state index in [2.05, 4.69) is 27.6 Å². The van der Waals surface area contributed by atoms with Crippen LogP contribution in [0.1, 0.15) is 17.3 Å². The molecule has 0 bridgehead atoms. The minimum Gasteiger partial charge on any atom is -0.493 e. The SMILES string of the molecule is COc1ccc(I)c(C(=O)N(c2ccnc3ccccc23)C(C)N(C)C)c1OC. The number of anilines is 1. The van der Waals surface area contributed by atoms with Gasteiger partial charge in [0.05, 0.1) is 37.2 Å². The van der Waals surface area contributed by atoms with Crippen molar-refractivity contribution in [3.8, 4) is 11.5 Å². The van der Waals surface area contributed by atoms with Crippen molar-refractivity contribution >= 4 is 45.1 Å². The average molecular weight is 505 g/mol. The van der Waals surface area contributed by atoms with E-state index in [4.69, 9.17) is 9.47 Å². The van der Waals surface area contributed by atoms with Crippen LogP contribution in [0.4, 0.5) is 5.69 Å². The molecule has 2 aromatic carbocycles. The summed E-state index contributed by atoms with van der Waals surface area (Å²) in [5.41, 5.74) is 2.10. The predicted octanol–water partition coefficient (Wildman–Crippen LogP) is 4.41. The Morgan fingerprint density at radius 1 is 1.07 bits per heavy atom. The highest BCUT2D eigenvalue weighted by Gasteiger charge is 2.31. The highest BCUT2D eigenvalue weighted by molar-refractivity contribution is 14.1. The molecule has 0 saturated carbocycles. The third kappa shape index (κ3) is 4.02. The lowest BCUT2D eigenvalue weighted by atomic mass is 10.1. The largest absolute Gasteiger partial charge is 0.493 e. The molecule has 0 aliphatic rings. The summed E-state index contributed by atoms with van der Waals surface area (Å²) in [6.07, 6.45) is 1.52. The monoisotopic (exact) mass is 505 g/mol. The van der Waals surface area contributed by atoms with Gasteiger partial charge in [0.15, 0.2) is 11.5 Å². The van der Waals surface area contributed by atoms with Gasteiger partial charge in [-0.05, 0) is 67.9 Å². The van der Waals surface area contributed by atoms with Gasteiger partial charge < -0.3 is 9.47 Å². The minimum absolute atomic E-state index is 0.164. The Morgan fingerprint density at radius 2 is 1.79 bits per heavy atom. The molecule has 0 saturated heterocycles. The van der Waals surface area contributed by atoms with Crippen molar-refractivity contribution in [2.75, 3.05) is 33.2 Å². The normalized spacial score (nSPS) is 12.1. The van der Waals surface area contributed by atoms with Crippen LogP contribution in [0.5, 0.6) is 11.5 Å². The van der Waals surface area contributed by atoms with Crippen molar-refractivity contribution in [3.63, 3.8) is 0 Å². The molecule has 1 amide bonds. The molecule has 0 aliphatic carbocycles. The van der Waals surface area contributed by atoms with Crippen molar-refractivity contribution in [1.82, 2.24) is 9.88 Å². The van der Waals surface area contributed by atoms with Crippen molar-refractivity contribution in [3.05, 3.63) is 57.8 Å². The zero-order valence-electron chi connectivity index (χ0n) is 17.1. The number of benzene rings is 2. The van der Waals surface area contributed by atoms with Gasteiger partial charge in [0.2, 0.25) is 0 Å². The minimum atomic E-state index is -0.208. The van der Waals surface area contributed by atoms with Crippen molar-refractivity contribution in [2.45, 2.75) is 13.1 Å². The number of aromatic nitrogens is 1. The summed E-state index contributed by atoms with van der Waals surface area (Å²) >= 11 is 2.16. The molecule has 6 nitrogen and oxygen atoms in total. The molecule has 0 aliphatic heterocycles. The van der Waals surface area contributed by atoms with Crippen molar-refractivity contribution < 1.29 is 14.3 Å². The first-order valence-electron chi connectivity index (χ1n) is 9.15. The molecule has 3 rings (SSSR count). The van der Waals surface area contributed by atoms with Crippen LogP contribution in [0.2, 0.25) is 0 Å². The maximum atomic E-state index is 13.9. The Labute approximate surface area is 184 Å². The van der Waals surface area contributed by atoms with Gasteiger partial charge in [0, 0.05) is 15.2 Å². The molecule has 3 aromatic rings. The van der Waals surface area contributed by atoms with E-state index >= 15 is 0 Å². The van der Waals surface area contributed by atoms with Crippen LogP contribution in [0.15, 0.2) is 48.7 Å². The van der Waals surface area contributed by atoms with Crippen LogP contribution in [0.25, 0.3) is 10.9 Å². The van der Waals surface area contributed by atoms with Crippen LogP contribution < -0.4 is 14.4 Å². The number of hydrogen-bond donors (Lipinski definition) is 0. The van der Waals surface area contributed by atoms with Gasteiger partial charge in [0.1, 0.15) is 0 Å². The molecular formula is C22H24IN3O3. The molecule has 152 valence electrons. The number of nitrogens with zero attached hydrogens (tertiary/aromatic N) is 3. The molecule has 1 heterocycles. The number of amides is 1. The molecule has 1 aromatic heterocycles. The fraction of sp³-hybridized carbons (Fsp3) is 0.273. The second kappa shape index (κ2) is 8.96. The number of fused-ring (bicyclic) bond motifs is 1. The summed E-state index contributed by atoms with van der Waals surface area (Å²) in [6, 6.07) is 13.4. The quantitative estimate of drug-likeness (QED) is 0.367. The number of methoxy groups -OCH3 is 2. The lowest BCUT2D eigenvalue weighted by Crippen LogP contribution is -2.47. The summed E-state index contributed by atoms with van der Waals surface area (Å²) in [7, 11) is 7.01. The Balaban J connectivity index is 2.26. The second-order valence-electron chi connectivity index (χ2n) is 6.78. The molecule has 0 N–H and O–H groups in total. The van der Waals surface area contributed by atoms with E-state index in [1.807, 2.05) is 62.3 Å². The van der Waals surface area contributed by atoms with Gasteiger partial charge in [-0.1, -0.05) is 18.2 Å². The topological polar surface area (TPSA) is 54.9 Å². The molecule has 29 heavy (non-hydrogen) atoms. The third-order valence-electron chi connectivity index (χ3n) is 4.93. The van der Waals surface area contributed by atoms with Crippen molar-refractivity contribution in [1.29, 1.82) is 0 Å². The fourth-order valence-electron chi connectivity index (χ4n) is 3.22. The summed E-state index contributed by atoms with van der Waals surface area (Å²) in [4.78, 5) is 22.2. The van der Waals surface area contributed by atoms with Gasteiger partial charge in [-0.3, -0.25) is 19.6 Å². The smallest absolute Gasteiger partial charge is 0.264 e. The van der Waals surface area contributed by atoms with E-state index in [9.17, 15) is 4.79 Å². The molecule has 0 spiro atoms. The first-order chi connectivity index (χ1) is 13.9. The maximum Gasteiger partial charge on any atom is 0.264 e. The first-order valence-corrected chi connectivity index (χ1v) is 10.2. The molecule has 0 fully saturated rings. The Morgan fingerprint density at radius 3 is 2.45 bits per heavy atom. The summed E-state index contributed by atoms with van der Waals surface area (Å²) < 4.78 is 11.8. The third-order valence-corrected chi connectivity index (χ3v) is 5.83. The lowest BCUT2D eigenvalue weighted by molar-refractivity contribution is 0.0949. The lowest BCUT2D eigenvalue weighted by Gasteiger charge is -2.35. The van der Waals surface area contributed by atoms with E-state index < -0.39 is 0 Å². The van der Waals surface area contributed by atoms with E-state index in [-0.39, 0.29) is 12.1 Å². The number of carbonyl (C=O) groups excluding carboxylic acids is 1. The number of halogens is 1. The van der Waals surface area contributed by atoms with Gasteiger partial charge in [0.25, 0.3) is 5.91 Å². The van der Waals surface area contributed by atoms with Gasteiger partial charge >= 0.3 is 0 Å². The fourth-order valence-corrected chi connectivity index (χ4v) is 3.88. The second-order valence-corrected chi connectivity index (χ2v) is 7.94. The molecule has 7 heteroatoms. The van der Waals surface area contributed by atoms with Gasteiger partial charge in [-0.2, -0.15) is 0 Å². The number of rotatable bonds is 6. The molecule has 1 unspecified atom stereocenters. The first kappa shape index (κ1) is 21.3. The summed E-state index contributed by atoms with van der Waals surface area (Å²) in [6.45, 7) is 1.99. The van der Waals surface area contributed by atoms with Crippen LogP contribution >= 0.6 is 22.6 Å². The standard InChI is InChI=1S/C22H24IN3O3/c1-14(25(2)3)26(18-12-13-24-17-9-7-6-8-15(17)18)22(27)20-16(23)10-11-19(28-4)21(20)29-5/h6-14H,1-5H3. The summed E-state index contributed by atoms with van der Waals surface area (Å²) in [5.74, 6) is 0.787. The Bertz CT molecular complexity index is 1030. The Hall–Kier alpha value is -2.39. The van der Waals surface area contributed by atoms with Crippen LogP contribution in [0, 0.1) is 3.57 Å². The predicted molar refractivity (Wildman–Crippen MR) is 124 cm³/mol. The molecular weight excluding hydrogens is 481 g/mol. The Kier molecular flexibility index (Phi) is 6.59. The van der Waals surface area contributed by atoms with Crippen LogP contribution in [0.3, 0.4) is 0 Å². The zero-order valence-corrected chi connectivity index (χ0v) is 19.3. The highest BCUT2D eigenvalue weighted by Crippen LogP contribution is 2.37. The van der Waals surface area contributed by atoms with Crippen LogP contribution in [-0.2, 0) is 0 Å². The van der Waals surface area contributed by atoms with E-state index in [1.165, 1.54) is 0 Å². The number of hydrogen-bond acceptors (Lipinski definition) is 5. The number of para-hydroxylation sites is 1. The van der Waals surface area contributed by atoms with Crippen LogP contribution in [-0.4, -0.2) is 50.3 Å². The van der Waals surface area contributed by atoms with E-state index in [1.54, 1.807) is 31.4 Å². The highest BCUT2D eigenvalue weighted by atomic mass is 127. The summed E-state index contributed by atoms with van der Waals surface area (Å²) in [5, 5.41) is 0.911. The molecule has 0 radical (unpaired) electrons. The average Bonchev–Trinajstić information content (AvgIpc) is 2.73. The number of ether oxygens (including phenoxy) is 2. The van der Waals surface area contributed by atoms with Gasteiger partial charge in [-0.15, -0.1) is 0 Å². The maximum absolute atomic E-state index is 13.9. The van der Waals surface area contributed by atoms with Gasteiger partial charge in [-0.25, -0.2) is 0 Å². The number of pyridine rings is 1. The van der Waals surface area contributed by atoms with Crippen molar-refractivity contribution in [2.24, 2.45) is 0 Å². The molecule has 1 atom stereocenters. The van der Waals surface area contributed by atoms with E-state index in [0.717, 1.165) is 20.2 Å².